The van der Waals surface area contributed by atoms with Gasteiger partial charge in [0.05, 0.1) is 13.2 Å². The van der Waals surface area contributed by atoms with Gasteiger partial charge in [-0.15, -0.1) is 0 Å². The third-order valence-corrected chi connectivity index (χ3v) is 10.8. The van der Waals surface area contributed by atoms with Gasteiger partial charge in [0.1, 0.15) is 31.0 Å². The Morgan fingerprint density at radius 2 is 0.982 bits per heavy atom. The van der Waals surface area contributed by atoms with Gasteiger partial charge in [0.25, 0.3) is 0 Å². The molecule has 10 heteroatoms. The lowest BCUT2D eigenvalue weighted by Crippen LogP contribution is -2.59. The smallest absolute Gasteiger partial charge is 0.306 e. The van der Waals surface area contributed by atoms with Crippen molar-refractivity contribution in [2.24, 2.45) is 0 Å². The first-order valence-electron chi connectivity index (χ1n) is 23.4. The van der Waals surface area contributed by atoms with Crippen LogP contribution in [0.2, 0.25) is 0 Å². The zero-order chi connectivity index (χ0) is 41.6. The highest BCUT2D eigenvalue weighted by Crippen LogP contribution is 2.23. The topological polar surface area (TPSA) is 152 Å². The highest BCUT2D eigenvalue weighted by molar-refractivity contribution is 5.70. The molecule has 57 heavy (non-hydrogen) atoms. The Morgan fingerprint density at radius 1 is 0.544 bits per heavy atom. The number of esters is 2. The number of hydrogen-bond acceptors (Lipinski definition) is 10. The van der Waals surface area contributed by atoms with Crippen molar-refractivity contribution >= 4 is 11.9 Å². The predicted octanol–water partition coefficient (Wildman–Crippen LogP) is 10.1. The molecule has 0 spiro atoms. The van der Waals surface area contributed by atoms with Gasteiger partial charge in [-0.05, 0) is 44.9 Å². The molecule has 10 nitrogen and oxygen atoms in total. The van der Waals surface area contributed by atoms with Crippen LogP contribution >= 0.6 is 0 Å². The number of unbranched alkanes of at least 4 members (excludes halogenated alkanes) is 24. The van der Waals surface area contributed by atoms with E-state index in [1.807, 2.05) is 0 Å². The molecular weight excluding hydrogens is 725 g/mol. The van der Waals surface area contributed by atoms with Crippen molar-refractivity contribution in [2.75, 3.05) is 19.8 Å². The lowest BCUT2D eigenvalue weighted by Gasteiger charge is -2.39. The summed E-state index contributed by atoms with van der Waals surface area (Å²) in [5.41, 5.74) is 0. The molecule has 6 unspecified atom stereocenters. The number of carbonyl (C=O) groups is 2. The molecule has 1 saturated heterocycles. The first kappa shape index (κ1) is 53.2. The molecule has 0 aliphatic carbocycles. The van der Waals surface area contributed by atoms with E-state index in [2.05, 4.69) is 38.2 Å². The predicted molar refractivity (Wildman–Crippen MR) is 229 cm³/mol. The third kappa shape index (κ3) is 30.0. The molecule has 1 heterocycles. The molecule has 0 aromatic rings. The first-order valence-corrected chi connectivity index (χ1v) is 23.4. The van der Waals surface area contributed by atoms with Crippen LogP contribution in [-0.2, 0) is 28.5 Å². The lowest BCUT2D eigenvalue weighted by molar-refractivity contribution is -0.305. The highest BCUT2D eigenvalue weighted by Gasteiger charge is 2.44. The van der Waals surface area contributed by atoms with Crippen molar-refractivity contribution in [1.29, 1.82) is 0 Å². The standard InChI is InChI=1S/C47H86O10/c1-3-5-7-9-11-13-15-17-19-20-22-23-25-27-29-31-33-35-42(49)54-38-40(39-55-47-46(53)45(52)44(51)41(37-48)57-47)56-43(50)36-34-32-30-28-26-24-21-18-16-14-12-10-8-6-4-2/h12,14,18,21,40-41,44-48,51-53H,3-11,13,15-17,19-20,22-39H2,1-2H3. The Balaban J connectivity index is 2.31. The summed E-state index contributed by atoms with van der Waals surface area (Å²) in [5.74, 6) is -0.814. The van der Waals surface area contributed by atoms with Gasteiger partial charge in [-0.1, -0.05) is 173 Å². The van der Waals surface area contributed by atoms with Crippen LogP contribution in [0.1, 0.15) is 206 Å². The normalized spacial score (nSPS) is 20.4. The molecule has 6 atom stereocenters. The Morgan fingerprint density at radius 3 is 1.49 bits per heavy atom. The average Bonchev–Trinajstić information content (AvgIpc) is 3.21. The van der Waals surface area contributed by atoms with Crippen LogP contribution < -0.4 is 0 Å². The summed E-state index contributed by atoms with van der Waals surface area (Å²) in [5, 5.41) is 40.1. The Kier molecular flexibility index (Phi) is 35.8. The summed E-state index contributed by atoms with van der Waals surface area (Å²) in [6, 6.07) is 0. The SMILES string of the molecule is CCCCCC=CCC=CCCCCCCCC(=O)OC(COC(=O)CCCCCCCCCCCCCCCCCCC)COC1OC(CO)C(O)C(O)C1O. The van der Waals surface area contributed by atoms with Gasteiger partial charge in [0, 0.05) is 12.8 Å². The first-order chi connectivity index (χ1) is 27.8. The van der Waals surface area contributed by atoms with Crippen LogP contribution in [0.15, 0.2) is 24.3 Å². The average molecular weight is 811 g/mol. The summed E-state index contributed by atoms with van der Waals surface area (Å²) >= 11 is 0. The minimum Gasteiger partial charge on any atom is -0.462 e. The van der Waals surface area contributed by atoms with Gasteiger partial charge in [-0.2, -0.15) is 0 Å². The molecule has 1 fully saturated rings. The molecular formula is C47H86O10. The molecule has 0 aromatic carbocycles. The van der Waals surface area contributed by atoms with Crippen molar-refractivity contribution in [1.82, 2.24) is 0 Å². The molecule has 334 valence electrons. The number of hydrogen-bond donors (Lipinski definition) is 4. The molecule has 0 aromatic heterocycles. The number of aliphatic hydroxyl groups is 4. The van der Waals surface area contributed by atoms with Crippen LogP contribution in [0.5, 0.6) is 0 Å². The van der Waals surface area contributed by atoms with Crippen LogP contribution in [-0.4, -0.2) is 89.0 Å². The number of ether oxygens (including phenoxy) is 4. The fraction of sp³-hybridized carbons (Fsp3) is 0.872. The Bertz CT molecular complexity index is 985. The van der Waals surface area contributed by atoms with E-state index in [-0.39, 0.29) is 32.0 Å². The zero-order valence-corrected chi connectivity index (χ0v) is 36.3. The molecule has 1 aliphatic rings. The number of allylic oxidation sites excluding steroid dienone is 4. The summed E-state index contributed by atoms with van der Waals surface area (Å²) < 4.78 is 22.2. The van der Waals surface area contributed by atoms with Gasteiger partial charge < -0.3 is 39.4 Å². The van der Waals surface area contributed by atoms with Crippen molar-refractivity contribution in [3.05, 3.63) is 24.3 Å². The third-order valence-electron chi connectivity index (χ3n) is 10.8. The van der Waals surface area contributed by atoms with E-state index < -0.39 is 49.4 Å². The number of rotatable bonds is 39. The maximum atomic E-state index is 12.8. The van der Waals surface area contributed by atoms with Crippen molar-refractivity contribution in [2.45, 2.75) is 243 Å². The van der Waals surface area contributed by atoms with Crippen LogP contribution in [0.4, 0.5) is 0 Å². The zero-order valence-electron chi connectivity index (χ0n) is 36.3. The van der Waals surface area contributed by atoms with Crippen molar-refractivity contribution in [3.63, 3.8) is 0 Å². The van der Waals surface area contributed by atoms with E-state index >= 15 is 0 Å². The highest BCUT2D eigenvalue weighted by atomic mass is 16.7. The summed E-state index contributed by atoms with van der Waals surface area (Å²) in [6.45, 7) is 3.40. The van der Waals surface area contributed by atoms with E-state index in [0.717, 1.165) is 57.8 Å². The maximum Gasteiger partial charge on any atom is 0.306 e. The molecule has 1 rings (SSSR count). The number of aliphatic hydroxyl groups excluding tert-OH is 4. The molecule has 0 bridgehead atoms. The Labute approximate surface area is 347 Å². The van der Waals surface area contributed by atoms with Crippen molar-refractivity contribution in [3.8, 4) is 0 Å². The van der Waals surface area contributed by atoms with Gasteiger partial charge >= 0.3 is 11.9 Å². The molecule has 0 amide bonds. The second kappa shape index (κ2) is 38.4. The summed E-state index contributed by atoms with van der Waals surface area (Å²) in [7, 11) is 0. The summed E-state index contributed by atoms with van der Waals surface area (Å²) in [6.07, 6.45) is 34.6. The maximum absolute atomic E-state index is 12.8. The molecule has 4 N–H and O–H groups in total. The fourth-order valence-corrected chi connectivity index (χ4v) is 7.10. The lowest BCUT2D eigenvalue weighted by atomic mass is 9.99. The van der Waals surface area contributed by atoms with Gasteiger partial charge in [-0.3, -0.25) is 9.59 Å². The van der Waals surface area contributed by atoms with Crippen LogP contribution in [0, 0.1) is 0 Å². The molecule has 1 aliphatic heterocycles. The van der Waals surface area contributed by atoms with Crippen molar-refractivity contribution < 1.29 is 49.0 Å². The monoisotopic (exact) mass is 811 g/mol. The number of carbonyl (C=O) groups excluding carboxylic acids is 2. The van der Waals surface area contributed by atoms with E-state index in [1.54, 1.807) is 0 Å². The summed E-state index contributed by atoms with van der Waals surface area (Å²) in [4.78, 5) is 25.3. The van der Waals surface area contributed by atoms with Gasteiger partial charge in [0.2, 0.25) is 0 Å². The largest absolute Gasteiger partial charge is 0.462 e. The second-order valence-electron chi connectivity index (χ2n) is 16.2. The molecule has 0 radical (unpaired) electrons. The van der Waals surface area contributed by atoms with Gasteiger partial charge in [0.15, 0.2) is 12.4 Å². The quantitative estimate of drug-likeness (QED) is 0.0268. The molecule has 0 saturated carbocycles. The van der Waals surface area contributed by atoms with Crippen LogP contribution in [0.25, 0.3) is 0 Å². The van der Waals surface area contributed by atoms with E-state index in [0.29, 0.717) is 6.42 Å². The van der Waals surface area contributed by atoms with E-state index in [9.17, 15) is 30.0 Å². The van der Waals surface area contributed by atoms with E-state index in [1.165, 1.54) is 116 Å². The second-order valence-corrected chi connectivity index (χ2v) is 16.2. The fourth-order valence-electron chi connectivity index (χ4n) is 7.10. The minimum absolute atomic E-state index is 0.217. The minimum atomic E-state index is -1.59. The van der Waals surface area contributed by atoms with Crippen LogP contribution in [0.3, 0.4) is 0 Å². The van der Waals surface area contributed by atoms with E-state index in [4.69, 9.17) is 18.9 Å². The van der Waals surface area contributed by atoms with Gasteiger partial charge in [-0.25, -0.2) is 0 Å². The Hall–Kier alpha value is -1.82.